The highest BCUT2D eigenvalue weighted by Crippen LogP contribution is 2.22. The van der Waals surface area contributed by atoms with E-state index in [2.05, 4.69) is 31.1 Å². The monoisotopic (exact) mass is 214 g/mol. The van der Waals surface area contributed by atoms with Crippen LogP contribution in [0.3, 0.4) is 0 Å². The van der Waals surface area contributed by atoms with Crippen molar-refractivity contribution < 1.29 is 5.11 Å². The number of hydrogen-bond donors (Lipinski definition) is 2. The summed E-state index contributed by atoms with van der Waals surface area (Å²) in [6, 6.07) is 1.41. The van der Waals surface area contributed by atoms with E-state index in [-0.39, 0.29) is 12.6 Å². The van der Waals surface area contributed by atoms with Gasteiger partial charge in [0.15, 0.2) is 0 Å². The number of nitrogens with one attached hydrogen (secondary N) is 1. The number of hydrogen-bond acceptors (Lipinski definition) is 3. The topological polar surface area (TPSA) is 35.5 Å². The van der Waals surface area contributed by atoms with Gasteiger partial charge in [0.2, 0.25) is 0 Å². The second-order valence-electron chi connectivity index (χ2n) is 5.08. The van der Waals surface area contributed by atoms with Gasteiger partial charge in [0.25, 0.3) is 0 Å². The molecule has 1 aliphatic carbocycles. The molecule has 0 bridgehead atoms. The molecule has 2 N–H and O–H groups in total. The summed E-state index contributed by atoms with van der Waals surface area (Å²) in [5, 5.41) is 12.7. The maximum atomic E-state index is 9.28. The van der Waals surface area contributed by atoms with E-state index in [1.165, 1.54) is 25.7 Å². The number of likely N-dealkylation sites (N-methyl/N-ethyl adjacent to an activating group) is 1. The zero-order valence-electron chi connectivity index (χ0n) is 10.4. The van der Waals surface area contributed by atoms with E-state index in [1.54, 1.807) is 0 Å². The Balaban J connectivity index is 2.29. The average molecular weight is 214 g/mol. The van der Waals surface area contributed by atoms with E-state index in [0.717, 1.165) is 12.6 Å². The molecule has 0 radical (unpaired) electrons. The van der Waals surface area contributed by atoms with Gasteiger partial charge in [0.05, 0.1) is 6.61 Å². The molecular weight excluding hydrogens is 188 g/mol. The third kappa shape index (κ3) is 4.49. The van der Waals surface area contributed by atoms with Crippen LogP contribution >= 0.6 is 0 Å². The summed E-state index contributed by atoms with van der Waals surface area (Å²) < 4.78 is 0. The quantitative estimate of drug-likeness (QED) is 0.698. The van der Waals surface area contributed by atoms with Crippen LogP contribution in [0.2, 0.25) is 0 Å². The number of nitrogens with zero attached hydrogens (tertiary/aromatic N) is 1. The first kappa shape index (κ1) is 12.9. The lowest BCUT2D eigenvalue weighted by Crippen LogP contribution is -2.47. The fraction of sp³-hybridized carbons (Fsp3) is 1.00. The fourth-order valence-electron chi connectivity index (χ4n) is 2.48. The van der Waals surface area contributed by atoms with Crippen molar-refractivity contribution in [3.8, 4) is 0 Å². The number of rotatable bonds is 6. The summed E-state index contributed by atoms with van der Waals surface area (Å²) in [6.07, 6.45) is 5.40. The standard InChI is InChI=1S/C12H26N2O/c1-10(2)13-11(9-15)8-14(3)12-6-4-5-7-12/h10-13,15H,4-9H2,1-3H3. The van der Waals surface area contributed by atoms with Crippen LogP contribution in [0.4, 0.5) is 0 Å². The molecule has 3 heteroatoms. The first-order valence-corrected chi connectivity index (χ1v) is 6.20. The summed E-state index contributed by atoms with van der Waals surface area (Å²) in [5.41, 5.74) is 0. The van der Waals surface area contributed by atoms with Crippen LogP contribution in [0.1, 0.15) is 39.5 Å². The molecule has 0 aliphatic heterocycles. The van der Waals surface area contributed by atoms with Crippen LogP contribution in [-0.2, 0) is 0 Å². The van der Waals surface area contributed by atoms with Crippen LogP contribution in [0.15, 0.2) is 0 Å². The first-order valence-electron chi connectivity index (χ1n) is 6.20. The lowest BCUT2D eigenvalue weighted by atomic mass is 10.2. The highest BCUT2D eigenvalue weighted by molar-refractivity contribution is 4.79. The van der Waals surface area contributed by atoms with Gasteiger partial charge in [0.1, 0.15) is 0 Å². The van der Waals surface area contributed by atoms with Crippen molar-refractivity contribution in [1.29, 1.82) is 0 Å². The fourth-order valence-corrected chi connectivity index (χ4v) is 2.48. The van der Waals surface area contributed by atoms with E-state index in [4.69, 9.17) is 0 Å². The van der Waals surface area contributed by atoms with Crippen molar-refractivity contribution in [2.75, 3.05) is 20.2 Å². The van der Waals surface area contributed by atoms with Crippen molar-refractivity contribution in [1.82, 2.24) is 10.2 Å². The van der Waals surface area contributed by atoms with Gasteiger partial charge < -0.3 is 15.3 Å². The Labute approximate surface area is 93.9 Å². The van der Waals surface area contributed by atoms with Crippen molar-refractivity contribution in [2.24, 2.45) is 0 Å². The molecular formula is C12H26N2O. The molecule has 1 aliphatic rings. The molecule has 0 aromatic heterocycles. The van der Waals surface area contributed by atoms with Gasteiger partial charge in [0, 0.05) is 24.7 Å². The zero-order valence-corrected chi connectivity index (χ0v) is 10.4. The van der Waals surface area contributed by atoms with Gasteiger partial charge in [-0.2, -0.15) is 0 Å². The molecule has 0 amide bonds. The maximum Gasteiger partial charge on any atom is 0.0597 e. The minimum Gasteiger partial charge on any atom is -0.395 e. The minimum absolute atomic E-state index is 0.218. The molecule has 0 heterocycles. The molecule has 1 fully saturated rings. The van der Waals surface area contributed by atoms with Crippen LogP contribution < -0.4 is 5.32 Å². The van der Waals surface area contributed by atoms with E-state index < -0.39 is 0 Å². The van der Waals surface area contributed by atoms with Gasteiger partial charge in [-0.25, -0.2) is 0 Å². The van der Waals surface area contributed by atoms with Crippen molar-refractivity contribution >= 4 is 0 Å². The van der Waals surface area contributed by atoms with Crippen molar-refractivity contribution in [2.45, 2.75) is 57.7 Å². The van der Waals surface area contributed by atoms with Crippen LogP contribution in [0.5, 0.6) is 0 Å². The van der Waals surface area contributed by atoms with E-state index in [0.29, 0.717) is 6.04 Å². The predicted molar refractivity (Wildman–Crippen MR) is 64.0 cm³/mol. The zero-order chi connectivity index (χ0) is 11.3. The summed E-state index contributed by atoms with van der Waals surface area (Å²) in [4.78, 5) is 2.41. The van der Waals surface area contributed by atoms with Gasteiger partial charge in [-0.15, -0.1) is 0 Å². The lowest BCUT2D eigenvalue weighted by Gasteiger charge is -2.29. The van der Waals surface area contributed by atoms with Gasteiger partial charge >= 0.3 is 0 Å². The number of aliphatic hydroxyl groups is 1. The Morgan fingerprint density at radius 2 is 1.93 bits per heavy atom. The SMILES string of the molecule is CC(C)NC(CO)CN(C)C1CCCC1. The van der Waals surface area contributed by atoms with Crippen LogP contribution in [0, 0.1) is 0 Å². The summed E-state index contributed by atoms with van der Waals surface area (Å²) >= 11 is 0. The largest absolute Gasteiger partial charge is 0.395 e. The summed E-state index contributed by atoms with van der Waals surface area (Å²) in [5.74, 6) is 0. The molecule has 90 valence electrons. The van der Waals surface area contributed by atoms with Crippen molar-refractivity contribution in [3.63, 3.8) is 0 Å². The van der Waals surface area contributed by atoms with E-state index >= 15 is 0 Å². The van der Waals surface area contributed by atoms with Crippen molar-refractivity contribution in [3.05, 3.63) is 0 Å². The van der Waals surface area contributed by atoms with E-state index in [9.17, 15) is 5.11 Å². The normalized spacial score (nSPS) is 20.4. The third-order valence-electron chi connectivity index (χ3n) is 3.25. The molecule has 1 unspecified atom stereocenters. The average Bonchev–Trinajstić information content (AvgIpc) is 2.68. The molecule has 0 saturated heterocycles. The summed E-state index contributed by atoms with van der Waals surface area (Å²) in [6.45, 7) is 5.44. The maximum absolute atomic E-state index is 9.28. The molecule has 0 aromatic rings. The molecule has 1 atom stereocenters. The first-order chi connectivity index (χ1) is 7.13. The Morgan fingerprint density at radius 3 is 2.40 bits per heavy atom. The Hall–Kier alpha value is -0.120. The van der Waals surface area contributed by atoms with Gasteiger partial charge in [-0.3, -0.25) is 0 Å². The smallest absolute Gasteiger partial charge is 0.0597 e. The molecule has 0 spiro atoms. The number of aliphatic hydroxyl groups excluding tert-OH is 1. The second kappa shape index (κ2) is 6.46. The second-order valence-corrected chi connectivity index (χ2v) is 5.08. The van der Waals surface area contributed by atoms with Gasteiger partial charge in [-0.05, 0) is 19.9 Å². The third-order valence-corrected chi connectivity index (χ3v) is 3.25. The summed E-state index contributed by atoms with van der Waals surface area (Å²) in [7, 11) is 2.18. The molecule has 3 nitrogen and oxygen atoms in total. The minimum atomic E-state index is 0.218. The molecule has 1 rings (SSSR count). The predicted octanol–water partition coefficient (Wildman–Crippen LogP) is 1.22. The molecule has 1 saturated carbocycles. The molecule has 15 heavy (non-hydrogen) atoms. The Morgan fingerprint density at radius 1 is 1.33 bits per heavy atom. The van der Waals surface area contributed by atoms with Crippen LogP contribution in [-0.4, -0.2) is 48.3 Å². The lowest BCUT2D eigenvalue weighted by molar-refractivity contribution is 0.165. The Bertz CT molecular complexity index is 167. The molecule has 0 aromatic carbocycles. The van der Waals surface area contributed by atoms with E-state index in [1.807, 2.05) is 0 Å². The van der Waals surface area contributed by atoms with Gasteiger partial charge in [-0.1, -0.05) is 26.7 Å². The van der Waals surface area contributed by atoms with Crippen LogP contribution in [0.25, 0.3) is 0 Å². The highest BCUT2D eigenvalue weighted by atomic mass is 16.3. The Kier molecular flexibility index (Phi) is 5.58. The highest BCUT2D eigenvalue weighted by Gasteiger charge is 2.21.